The van der Waals surface area contributed by atoms with E-state index in [9.17, 15) is 0 Å². The van der Waals surface area contributed by atoms with E-state index in [1.54, 1.807) is 0 Å². The number of aryl methyl sites for hydroxylation is 1. The molecule has 0 heterocycles. The lowest BCUT2D eigenvalue weighted by atomic mass is 9.72. The van der Waals surface area contributed by atoms with E-state index in [1.165, 1.54) is 28.7 Å². The van der Waals surface area contributed by atoms with Gasteiger partial charge in [0.2, 0.25) is 0 Å². The Balaban J connectivity index is 2.07. The molecule has 0 bridgehead atoms. The molecule has 0 atom stereocenters. The zero-order chi connectivity index (χ0) is 12.6. The van der Waals surface area contributed by atoms with Crippen LogP contribution in [0.15, 0.2) is 48.5 Å². The van der Waals surface area contributed by atoms with Crippen LogP contribution in [0.1, 0.15) is 30.4 Å². The molecule has 0 aromatic heterocycles. The standard InChI is InChI=1S/C17H19N/c1-13-8-9-15(17(18)10-5-11-17)12-16(13)14-6-3-2-4-7-14/h2-4,6-9,12H,5,10-11,18H2,1H3. The first-order chi connectivity index (χ1) is 8.69. The Morgan fingerprint density at radius 3 is 2.33 bits per heavy atom. The zero-order valence-corrected chi connectivity index (χ0v) is 10.8. The van der Waals surface area contributed by atoms with Gasteiger partial charge in [0.05, 0.1) is 0 Å². The molecule has 1 aliphatic rings. The molecule has 1 saturated carbocycles. The molecule has 0 spiro atoms. The minimum absolute atomic E-state index is 0.0722. The summed E-state index contributed by atoms with van der Waals surface area (Å²) in [6.45, 7) is 2.16. The lowest BCUT2D eigenvalue weighted by Gasteiger charge is -2.39. The van der Waals surface area contributed by atoms with Crippen LogP contribution < -0.4 is 5.73 Å². The van der Waals surface area contributed by atoms with Crippen LogP contribution in [0.4, 0.5) is 0 Å². The molecule has 3 rings (SSSR count). The van der Waals surface area contributed by atoms with E-state index in [2.05, 4.69) is 55.5 Å². The summed E-state index contributed by atoms with van der Waals surface area (Å²) in [5, 5.41) is 0. The van der Waals surface area contributed by atoms with Crippen LogP contribution in [-0.4, -0.2) is 0 Å². The Morgan fingerprint density at radius 2 is 1.72 bits per heavy atom. The zero-order valence-electron chi connectivity index (χ0n) is 10.8. The number of rotatable bonds is 2. The van der Waals surface area contributed by atoms with Crippen molar-refractivity contribution in [1.29, 1.82) is 0 Å². The van der Waals surface area contributed by atoms with Crippen molar-refractivity contribution in [2.75, 3.05) is 0 Å². The summed E-state index contributed by atoms with van der Waals surface area (Å²) in [6.07, 6.45) is 3.49. The predicted molar refractivity (Wildman–Crippen MR) is 76.3 cm³/mol. The molecule has 1 heteroatoms. The molecule has 1 nitrogen and oxygen atoms in total. The monoisotopic (exact) mass is 237 g/mol. The fourth-order valence-corrected chi connectivity index (χ4v) is 2.71. The molecular weight excluding hydrogens is 218 g/mol. The summed E-state index contributed by atoms with van der Waals surface area (Å²) in [6, 6.07) is 17.2. The van der Waals surface area contributed by atoms with Crippen molar-refractivity contribution in [3.05, 3.63) is 59.7 Å². The van der Waals surface area contributed by atoms with Gasteiger partial charge in [0.25, 0.3) is 0 Å². The van der Waals surface area contributed by atoms with Crippen LogP contribution in [0.25, 0.3) is 11.1 Å². The lowest BCUT2D eigenvalue weighted by Crippen LogP contribution is -2.43. The van der Waals surface area contributed by atoms with E-state index in [1.807, 2.05) is 0 Å². The van der Waals surface area contributed by atoms with E-state index in [-0.39, 0.29) is 5.54 Å². The van der Waals surface area contributed by atoms with Crippen molar-refractivity contribution in [1.82, 2.24) is 0 Å². The van der Waals surface area contributed by atoms with E-state index < -0.39 is 0 Å². The van der Waals surface area contributed by atoms with Crippen LogP contribution in [0.2, 0.25) is 0 Å². The van der Waals surface area contributed by atoms with E-state index >= 15 is 0 Å². The SMILES string of the molecule is Cc1ccc(C2(N)CCC2)cc1-c1ccccc1. The Labute approximate surface area is 109 Å². The van der Waals surface area contributed by atoms with Gasteiger partial charge in [-0.15, -0.1) is 0 Å². The molecule has 2 N–H and O–H groups in total. The fraction of sp³-hybridized carbons (Fsp3) is 0.294. The molecular formula is C17H19N. The highest BCUT2D eigenvalue weighted by molar-refractivity contribution is 5.68. The van der Waals surface area contributed by atoms with Gasteiger partial charge in [-0.05, 0) is 54.5 Å². The molecule has 0 saturated heterocycles. The molecule has 1 aliphatic carbocycles. The third-order valence-corrected chi connectivity index (χ3v) is 4.14. The fourth-order valence-electron chi connectivity index (χ4n) is 2.71. The maximum Gasteiger partial charge on any atom is 0.0409 e. The molecule has 2 aromatic rings. The van der Waals surface area contributed by atoms with E-state index in [0.29, 0.717) is 0 Å². The maximum atomic E-state index is 6.42. The normalized spacial score (nSPS) is 17.2. The number of hydrogen-bond acceptors (Lipinski definition) is 1. The minimum Gasteiger partial charge on any atom is -0.321 e. The van der Waals surface area contributed by atoms with Gasteiger partial charge >= 0.3 is 0 Å². The first-order valence-electron chi connectivity index (χ1n) is 6.64. The van der Waals surface area contributed by atoms with Crippen molar-refractivity contribution in [3.63, 3.8) is 0 Å². The average molecular weight is 237 g/mol. The Hall–Kier alpha value is -1.60. The second-order valence-corrected chi connectivity index (χ2v) is 5.41. The van der Waals surface area contributed by atoms with Gasteiger partial charge in [-0.25, -0.2) is 0 Å². The Kier molecular flexibility index (Phi) is 2.71. The van der Waals surface area contributed by atoms with Gasteiger partial charge in [-0.2, -0.15) is 0 Å². The smallest absolute Gasteiger partial charge is 0.0409 e. The first-order valence-corrected chi connectivity index (χ1v) is 6.64. The molecule has 0 unspecified atom stereocenters. The highest BCUT2D eigenvalue weighted by atomic mass is 14.8. The molecule has 92 valence electrons. The second kappa shape index (κ2) is 4.25. The summed E-state index contributed by atoms with van der Waals surface area (Å²) < 4.78 is 0. The quantitative estimate of drug-likeness (QED) is 0.839. The Bertz CT molecular complexity index is 553. The molecule has 1 fully saturated rings. The van der Waals surface area contributed by atoms with Crippen LogP contribution in [0.3, 0.4) is 0 Å². The van der Waals surface area contributed by atoms with Crippen molar-refractivity contribution in [2.24, 2.45) is 5.73 Å². The summed E-state index contributed by atoms with van der Waals surface area (Å²) in [5.74, 6) is 0. The average Bonchev–Trinajstić information content (AvgIpc) is 2.37. The molecule has 0 radical (unpaired) electrons. The highest BCUT2D eigenvalue weighted by Gasteiger charge is 2.34. The predicted octanol–water partition coefficient (Wildman–Crippen LogP) is 4.00. The highest BCUT2D eigenvalue weighted by Crippen LogP contribution is 2.40. The topological polar surface area (TPSA) is 26.0 Å². The summed E-state index contributed by atoms with van der Waals surface area (Å²) >= 11 is 0. The van der Waals surface area contributed by atoms with Crippen LogP contribution in [-0.2, 0) is 5.54 Å². The Morgan fingerprint density at radius 1 is 1.00 bits per heavy atom. The lowest BCUT2D eigenvalue weighted by molar-refractivity contribution is 0.253. The number of hydrogen-bond donors (Lipinski definition) is 1. The summed E-state index contributed by atoms with van der Waals surface area (Å²) in [7, 11) is 0. The number of benzene rings is 2. The van der Waals surface area contributed by atoms with Crippen molar-refractivity contribution < 1.29 is 0 Å². The van der Waals surface area contributed by atoms with Gasteiger partial charge in [0.15, 0.2) is 0 Å². The van der Waals surface area contributed by atoms with Crippen molar-refractivity contribution in [2.45, 2.75) is 31.7 Å². The van der Waals surface area contributed by atoms with Gasteiger partial charge in [0, 0.05) is 5.54 Å². The summed E-state index contributed by atoms with van der Waals surface area (Å²) in [4.78, 5) is 0. The number of nitrogens with two attached hydrogens (primary N) is 1. The van der Waals surface area contributed by atoms with Crippen molar-refractivity contribution in [3.8, 4) is 11.1 Å². The van der Waals surface area contributed by atoms with Gasteiger partial charge in [-0.1, -0.05) is 42.5 Å². The van der Waals surface area contributed by atoms with E-state index in [4.69, 9.17) is 5.73 Å². The molecule has 2 aromatic carbocycles. The third kappa shape index (κ3) is 1.85. The largest absolute Gasteiger partial charge is 0.321 e. The van der Waals surface area contributed by atoms with Gasteiger partial charge in [-0.3, -0.25) is 0 Å². The first kappa shape index (κ1) is 11.5. The third-order valence-electron chi connectivity index (χ3n) is 4.14. The summed E-state index contributed by atoms with van der Waals surface area (Å²) in [5.41, 5.74) is 11.5. The van der Waals surface area contributed by atoms with Crippen LogP contribution >= 0.6 is 0 Å². The van der Waals surface area contributed by atoms with Gasteiger partial charge < -0.3 is 5.73 Å². The molecule has 18 heavy (non-hydrogen) atoms. The second-order valence-electron chi connectivity index (χ2n) is 5.41. The molecule has 0 amide bonds. The maximum absolute atomic E-state index is 6.42. The van der Waals surface area contributed by atoms with E-state index in [0.717, 1.165) is 12.8 Å². The van der Waals surface area contributed by atoms with Crippen molar-refractivity contribution >= 4 is 0 Å². The van der Waals surface area contributed by atoms with Crippen LogP contribution in [0, 0.1) is 6.92 Å². The minimum atomic E-state index is -0.0722. The van der Waals surface area contributed by atoms with Gasteiger partial charge in [0.1, 0.15) is 0 Å². The molecule has 0 aliphatic heterocycles. The van der Waals surface area contributed by atoms with Crippen LogP contribution in [0.5, 0.6) is 0 Å².